The number of aromatic nitrogens is 1. The topological polar surface area (TPSA) is 43.4 Å². The smallest absolute Gasteiger partial charge is 0.119 e. The Hall–Kier alpha value is -2.43. The monoisotopic (exact) mass is 374 g/mol. The summed E-state index contributed by atoms with van der Waals surface area (Å²) in [7, 11) is 3.59. The van der Waals surface area contributed by atoms with Crippen LogP contribution in [0, 0.1) is 0 Å². The van der Waals surface area contributed by atoms with Crippen molar-refractivity contribution in [2.45, 2.75) is 30.3 Å². The number of hydrogen-bond acceptors (Lipinski definition) is 4. The Morgan fingerprint density at radius 2 is 1.89 bits per heavy atom. The molecule has 2 heterocycles. The fraction of sp³-hybridized carbons (Fsp3) is 0.375. The van der Waals surface area contributed by atoms with Gasteiger partial charge >= 0.3 is 0 Å². The third-order valence-electron chi connectivity index (χ3n) is 6.86. The normalized spacial score (nSPS) is 26.5. The summed E-state index contributed by atoms with van der Waals surface area (Å²) in [5.74, 6) is 0.896. The van der Waals surface area contributed by atoms with Crippen LogP contribution in [-0.2, 0) is 23.0 Å². The number of rotatable bonds is 3. The maximum Gasteiger partial charge on any atom is 0.119 e. The highest BCUT2D eigenvalue weighted by Crippen LogP contribution is 2.51. The Kier molecular flexibility index (Phi) is 4.14. The lowest BCUT2D eigenvalue weighted by molar-refractivity contribution is -0.0974. The molecule has 1 aromatic heterocycles. The van der Waals surface area contributed by atoms with Gasteiger partial charge in [-0.3, -0.25) is 4.98 Å². The first kappa shape index (κ1) is 17.7. The average Bonchev–Trinajstić information content (AvgIpc) is 2.76. The number of nitrogens with one attached hydrogen (secondary N) is 1. The fourth-order valence-electron chi connectivity index (χ4n) is 5.34. The van der Waals surface area contributed by atoms with Crippen molar-refractivity contribution in [2.75, 3.05) is 27.3 Å². The molecule has 4 heteroatoms. The van der Waals surface area contributed by atoms with Crippen molar-refractivity contribution in [1.29, 1.82) is 0 Å². The van der Waals surface area contributed by atoms with E-state index in [1.807, 2.05) is 13.2 Å². The minimum absolute atomic E-state index is 0.121. The van der Waals surface area contributed by atoms with Crippen molar-refractivity contribution < 1.29 is 9.47 Å². The van der Waals surface area contributed by atoms with Crippen LogP contribution in [0.15, 0.2) is 54.6 Å². The van der Waals surface area contributed by atoms with Crippen LogP contribution in [0.1, 0.15) is 23.2 Å². The predicted molar refractivity (Wildman–Crippen MR) is 111 cm³/mol. The minimum atomic E-state index is -0.297. The van der Waals surface area contributed by atoms with Crippen LogP contribution in [0.3, 0.4) is 0 Å². The van der Waals surface area contributed by atoms with Crippen LogP contribution in [-0.4, -0.2) is 37.9 Å². The summed E-state index contributed by atoms with van der Waals surface area (Å²) in [4.78, 5) is 5.08. The quantitative estimate of drug-likeness (QED) is 0.760. The van der Waals surface area contributed by atoms with Crippen LogP contribution < -0.4 is 10.1 Å². The minimum Gasteiger partial charge on any atom is -0.497 e. The Morgan fingerprint density at radius 3 is 2.75 bits per heavy atom. The van der Waals surface area contributed by atoms with Crippen LogP contribution in [0.5, 0.6) is 5.75 Å². The number of methoxy groups -OCH3 is 2. The largest absolute Gasteiger partial charge is 0.497 e. The first-order chi connectivity index (χ1) is 13.7. The van der Waals surface area contributed by atoms with Gasteiger partial charge in [0.1, 0.15) is 5.75 Å². The van der Waals surface area contributed by atoms with E-state index in [0.717, 1.165) is 43.6 Å². The summed E-state index contributed by atoms with van der Waals surface area (Å²) in [5, 5.41) is 4.79. The van der Waals surface area contributed by atoms with Gasteiger partial charge in [-0.1, -0.05) is 30.3 Å². The summed E-state index contributed by atoms with van der Waals surface area (Å²) < 4.78 is 11.9. The third kappa shape index (κ3) is 2.48. The molecule has 0 radical (unpaired) electrons. The van der Waals surface area contributed by atoms with E-state index in [2.05, 4.69) is 53.8 Å². The molecule has 0 amide bonds. The van der Waals surface area contributed by atoms with Crippen molar-refractivity contribution in [1.82, 2.24) is 10.3 Å². The van der Waals surface area contributed by atoms with E-state index in [9.17, 15) is 0 Å². The fourth-order valence-corrected chi connectivity index (χ4v) is 5.34. The molecule has 28 heavy (non-hydrogen) atoms. The van der Waals surface area contributed by atoms with Gasteiger partial charge in [-0.05, 0) is 48.4 Å². The average molecular weight is 374 g/mol. The number of piperidine rings is 1. The molecule has 4 nitrogen and oxygen atoms in total. The zero-order chi connectivity index (χ0) is 19.2. The van der Waals surface area contributed by atoms with Crippen LogP contribution in [0.25, 0.3) is 10.9 Å². The number of hydrogen-bond donors (Lipinski definition) is 1. The van der Waals surface area contributed by atoms with E-state index < -0.39 is 0 Å². The molecule has 1 aliphatic heterocycles. The van der Waals surface area contributed by atoms with Crippen LogP contribution in [0.4, 0.5) is 0 Å². The van der Waals surface area contributed by atoms with E-state index in [1.54, 1.807) is 7.11 Å². The molecule has 0 bridgehead atoms. The van der Waals surface area contributed by atoms with E-state index in [1.165, 1.54) is 22.2 Å². The van der Waals surface area contributed by atoms with Gasteiger partial charge < -0.3 is 14.8 Å². The van der Waals surface area contributed by atoms with Gasteiger partial charge in [-0.25, -0.2) is 0 Å². The predicted octanol–water partition coefficient (Wildman–Crippen LogP) is 3.66. The lowest BCUT2D eigenvalue weighted by Gasteiger charge is -2.56. The Bertz CT molecular complexity index is 1030. The lowest BCUT2D eigenvalue weighted by atomic mass is 9.56. The summed E-state index contributed by atoms with van der Waals surface area (Å²) in [6.45, 7) is 1.82. The molecular formula is C24H26N2O2. The first-order valence-electron chi connectivity index (χ1n) is 9.98. The van der Waals surface area contributed by atoms with Gasteiger partial charge in [0.25, 0.3) is 0 Å². The number of fused-ring (bicyclic) bond motifs is 3. The Labute approximate surface area is 165 Å². The Balaban J connectivity index is 1.72. The van der Waals surface area contributed by atoms with Gasteiger partial charge in [-0.2, -0.15) is 0 Å². The number of ether oxygens (including phenoxy) is 2. The molecule has 2 atom stereocenters. The molecule has 3 aromatic rings. The first-order valence-corrected chi connectivity index (χ1v) is 9.98. The van der Waals surface area contributed by atoms with E-state index in [4.69, 9.17) is 14.5 Å². The third-order valence-corrected chi connectivity index (χ3v) is 6.86. The SMILES string of the molecule is COc1cccc([C@@]23CCNC[C@@]2(OC)Cc2cc4ccccc4nc2C3)c1. The Morgan fingerprint density at radius 1 is 1.00 bits per heavy atom. The summed E-state index contributed by atoms with van der Waals surface area (Å²) in [6.07, 6.45) is 2.76. The second-order valence-corrected chi connectivity index (χ2v) is 8.08. The number of benzene rings is 2. The summed E-state index contributed by atoms with van der Waals surface area (Å²) in [5.41, 5.74) is 4.45. The van der Waals surface area contributed by atoms with Gasteiger partial charge in [0, 0.05) is 43.0 Å². The molecule has 0 unspecified atom stereocenters. The molecule has 2 aliphatic rings. The van der Waals surface area contributed by atoms with Gasteiger partial charge in [0.15, 0.2) is 0 Å². The molecule has 2 aromatic carbocycles. The van der Waals surface area contributed by atoms with Gasteiger partial charge in [-0.15, -0.1) is 0 Å². The van der Waals surface area contributed by atoms with Gasteiger partial charge in [0.2, 0.25) is 0 Å². The molecule has 5 rings (SSSR count). The molecule has 1 N–H and O–H groups in total. The van der Waals surface area contributed by atoms with E-state index >= 15 is 0 Å². The number of para-hydroxylation sites is 1. The van der Waals surface area contributed by atoms with Crippen molar-refractivity contribution in [3.8, 4) is 5.75 Å². The molecule has 144 valence electrons. The van der Waals surface area contributed by atoms with Crippen molar-refractivity contribution in [3.05, 3.63) is 71.4 Å². The second-order valence-electron chi connectivity index (χ2n) is 8.08. The molecule has 0 saturated carbocycles. The highest BCUT2D eigenvalue weighted by Gasteiger charge is 2.57. The van der Waals surface area contributed by atoms with Crippen molar-refractivity contribution in [3.63, 3.8) is 0 Å². The molecule has 1 saturated heterocycles. The molecule has 1 fully saturated rings. The van der Waals surface area contributed by atoms with Crippen LogP contribution >= 0.6 is 0 Å². The van der Waals surface area contributed by atoms with Crippen LogP contribution in [0.2, 0.25) is 0 Å². The van der Waals surface area contributed by atoms with Crippen molar-refractivity contribution >= 4 is 10.9 Å². The lowest BCUT2D eigenvalue weighted by Crippen LogP contribution is -2.66. The highest BCUT2D eigenvalue weighted by molar-refractivity contribution is 5.79. The number of pyridine rings is 1. The molecule has 0 spiro atoms. The van der Waals surface area contributed by atoms with E-state index in [0.29, 0.717) is 0 Å². The zero-order valence-electron chi connectivity index (χ0n) is 16.5. The molecule has 1 aliphatic carbocycles. The summed E-state index contributed by atoms with van der Waals surface area (Å²) in [6, 6.07) is 19.2. The van der Waals surface area contributed by atoms with Gasteiger partial charge in [0.05, 0.1) is 18.2 Å². The second kappa shape index (κ2) is 6.57. The molecular weight excluding hydrogens is 348 g/mol. The van der Waals surface area contributed by atoms with E-state index in [-0.39, 0.29) is 11.0 Å². The van der Waals surface area contributed by atoms with Crippen molar-refractivity contribution in [2.24, 2.45) is 0 Å². The number of nitrogens with zero attached hydrogens (tertiary/aromatic N) is 1. The summed E-state index contributed by atoms with van der Waals surface area (Å²) >= 11 is 0. The maximum atomic E-state index is 6.35. The zero-order valence-corrected chi connectivity index (χ0v) is 16.5. The highest BCUT2D eigenvalue weighted by atomic mass is 16.5. The standard InChI is InChI=1S/C24H26N2O2/c1-27-20-8-5-7-19(13-20)23-10-11-25-16-24(23,28-2)14-18-12-17-6-3-4-9-21(17)26-22(18)15-23/h3-9,12-13,25H,10-11,14-16H2,1-2H3/t23-,24-/m0/s1. The maximum absolute atomic E-state index is 6.35.